The molecule has 0 bridgehead atoms. The molecule has 0 unspecified atom stereocenters. The fourth-order valence-electron chi connectivity index (χ4n) is 2.79. The summed E-state index contributed by atoms with van der Waals surface area (Å²) in [6.45, 7) is -0.194. The van der Waals surface area contributed by atoms with Gasteiger partial charge in [0.1, 0.15) is 5.69 Å². The number of nitrogens with zero attached hydrogens (tertiary/aromatic N) is 3. The Kier molecular flexibility index (Phi) is 5.00. The zero-order valence-corrected chi connectivity index (χ0v) is 13.3. The van der Waals surface area contributed by atoms with Gasteiger partial charge in [0.15, 0.2) is 0 Å². The Hall–Kier alpha value is -2.32. The number of hydrogen-bond acceptors (Lipinski definition) is 4. The van der Waals surface area contributed by atoms with Crippen molar-refractivity contribution in [1.82, 2.24) is 4.90 Å². The normalized spacial score (nSPS) is 18.4. The van der Waals surface area contributed by atoms with Gasteiger partial charge in [0.05, 0.1) is 10.8 Å². The molecule has 1 aliphatic rings. The van der Waals surface area contributed by atoms with Crippen LogP contribution in [-0.4, -0.2) is 49.1 Å². The summed E-state index contributed by atoms with van der Waals surface area (Å²) in [7, 11) is 3.25. The molecule has 2 rings (SSSR count). The van der Waals surface area contributed by atoms with Crippen molar-refractivity contribution in [1.29, 1.82) is 0 Å². The Morgan fingerprint density at radius 3 is 2.58 bits per heavy atom. The van der Waals surface area contributed by atoms with Crippen LogP contribution in [0.1, 0.15) is 23.2 Å². The lowest BCUT2D eigenvalue weighted by Crippen LogP contribution is -2.44. The lowest BCUT2D eigenvalue weighted by Gasteiger charge is -2.33. The number of likely N-dealkylation sites (tertiary alicyclic amines) is 1. The second-order valence-electron chi connectivity index (χ2n) is 5.99. The van der Waals surface area contributed by atoms with Gasteiger partial charge in [0, 0.05) is 38.8 Å². The summed E-state index contributed by atoms with van der Waals surface area (Å²) in [5, 5.41) is 11.2. The molecule has 1 atom stereocenters. The van der Waals surface area contributed by atoms with Crippen molar-refractivity contribution in [3.8, 4) is 0 Å². The van der Waals surface area contributed by atoms with E-state index in [1.807, 2.05) is 0 Å². The van der Waals surface area contributed by atoms with Crippen LogP contribution in [0.15, 0.2) is 18.2 Å². The van der Waals surface area contributed by atoms with Crippen molar-refractivity contribution in [3.05, 3.63) is 33.9 Å². The third-order valence-corrected chi connectivity index (χ3v) is 4.07. The van der Waals surface area contributed by atoms with E-state index in [2.05, 4.69) is 0 Å². The highest BCUT2D eigenvalue weighted by atomic mass is 19.4. The fourth-order valence-corrected chi connectivity index (χ4v) is 2.79. The van der Waals surface area contributed by atoms with Crippen molar-refractivity contribution >= 4 is 17.3 Å². The van der Waals surface area contributed by atoms with E-state index >= 15 is 0 Å². The monoisotopic (exact) mass is 345 g/mol. The van der Waals surface area contributed by atoms with Crippen LogP contribution in [0.4, 0.5) is 24.5 Å². The zero-order chi connectivity index (χ0) is 18.1. The van der Waals surface area contributed by atoms with Gasteiger partial charge in [-0.25, -0.2) is 0 Å². The molecule has 6 nitrogen and oxygen atoms in total. The molecule has 1 fully saturated rings. The second kappa shape index (κ2) is 6.66. The first-order valence-electron chi connectivity index (χ1n) is 7.43. The molecule has 24 heavy (non-hydrogen) atoms. The molecular weight excluding hydrogens is 327 g/mol. The molecule has 1 aromatic rings. The van der Waals surface area contributed by atoms with E-state index in [0.717, 1.165) is 11.0 Å². The Morgan fingerprint density at radius 2 is 2.04 bits per heavy atom. The molecule has 1 amide bonds. The molecule has 1 heterocycles. The first-order valence-corrected chi connectivity index (χ1v) is 7.43. The molecule has 1 aromatic carbocycles. The average Bonchev–Trinajstić information content (AvgIpc) is 2.52. The number of anilines is 1. The Labute approximate surface area is 137 Å². The number of alkyl halides is 3. The standard InChI is InChI=1S/C15H18F3N3O3/c1-19(2)12-6-5-10(8-13(12)21(23)24)14(22)20-7-3-4-11(9-20)15(16,17)18/h5-6,8,11H,3-4,7,9H2,1-2H3/t11-/m1/s1. The summed E-state index contributed by atoms with van der Waals surface area (Å²) in [5.74, 6) is -2.16. The van der Waals surface area contributed by atoms with Crippen molar-refractivity contribution in [3.63, 3.8) is 0 Å². The third kappa shape index (κ3) is 3.77. The fraction of sp³-hybridized carbons (Fsp3) is 0.533. The van der Waals surface area contributed by atoms with Crippen LogP contribution < -0.4 is 4.90 Å². The van der Waals surface area contributed by atoms with Gasteiger partial charge in [-0.3, -0.25) is 14.9 Å². The van der Waals surface area contributed by atoms with E-state index in [1.54, 1.807) is 14.1 Å². The Balaban J connectivity index is 2.26. The number of hydrogen-bond donors (Lipinski definition) is 0. The molecule has 0 saturated carbocycles. The van der Waals surface area contributed by atoms with Crippen molar-refractivity contribution in [2.75, 3.05) is 32.1 Å². The number of piperidine rings is 1. The van der Waals surface area contributed by atoms with Crippen molar-refractivity contribution in [2.45, 2.75) is 19.0 Å². The number of carbonyl (C=O) groups excluding carboxylic acids is 1. The maximum absolute atomic E-state index is 12.9. The largest absolute Gasteiger partial charge is 0.393 e. The van der Waals surface area contributed by atoms with Gasteiger partial charge in [-0.05, 0) is 25.0 Å². The Morgan fingerprint density at radius 1 is 1.38 bits per heavy atom. The molecule has 1 aliphatic heterocycles. The summed E-state index contributed by atoms with van der Waals surface area (Å²) < 4.78 is 38.6. The summed E-state index contributed by atoms with van der Waals surface area (Å²) in [5.41, 5.74) is 0.0914. The summed E-state index contributed by atoms with van der Waals surface area (Å²) >= 11 is 0. The van der Waals surface area contributed by atoms with E-state index in [0.29, 0.717) is 5.69 Å². The highest BCUT2D eigenvalue weighted by molar-refractivity contribution is 5.95. The molecule has 0 aromatic heterocycles. The number of rotatable bonds is 3. The van der Waals surface area contributed by atoms with Crippen molar-refractivity contribution < 1.29 is 22.9 Å². The summed E-state index contributed by atoms with van der Waals surface area (Å²) in [6, 6.07) is 3.95. The number of amides is 1. The highest BCUT2D eigenvalue weighted by Gasteiger charge is 2.42. The molecule has 132 valence electrons. The lowest BCUT2D eigenvalue weighted by molar-refractivity contribution is -0.384. The predicted molar refractivity (Wildman–Crippen MR) is 82.1 cm³/mol. The van der Waals surface area contributed by atoms with Crippen LogP contribution in [-0.2, 0) is 0 Å². The smallest absolute Gasteiger partial charge is 0.372 e. The minimum absolute atomic E-state index is 0.00695. The number of nitro groups is 1. The van der Waals surface area contributed by atoms with Gasteiger partial charge in [0.2, 0.25) is 0 Å². The number of nitro benzene ring substituents is 1. The van der Waals surface area contributed by atoms with Gasteiger partial charge in [-0.1, -0.05) is 0 Å². The van der Waals surface area contributed by atoms with Crippen LogP contribution in [0, 0.1) is 16.0 Å². The van der Waals surface area contributed by atoms with Gasteiger partial charge >= 0.3 is 6.18 Å². The molecule has 9 heteroatoms. The maximum Gasteiger partial charge on any atom is 0.393 e. The SMILES string of the molecule is CN(C)c1ccc(C(=O)N2CCC[C@@H](C(F)(F)F)C2)cc1[N+](=O)[O-]. The van der Waals surface area contributed by atoms with Crippen LogP contribution in [0.25, 0.3) is 0 Å². The third-order valence-electron chi connectivity index (χ3n) is 4.07. The Bertz CT molecular complexity index is 647. The minimum Gasteiger partial charge on any atom is -0.372 e. The second-order valence-corrected chi connectivity index (χ2v) is 5.99. The zero-order valence-electron chi connectivity index (χ0n) is 13.3. The lowest BCUT2D eigenvalue weighted by atomic mass is 9.97. The van der Waals surface area contributed by atoms with Crippen LogP contribution in [0.2, 0.25) is 0 Å². The molecule has 0 aliphatic carbocycles. The van der Waals surface area contributed by atoms with E-state index in [-0.39, 0.29) is 30.6 Å². The molecule has 0 radical (unpaired) electrons. The quantitative estimate of drug-likeness (QED) is 0.624. The number of halogens is 3. The number of carbonyl (C=O) groups is 1. The van der Waals surface area contributed by atoms with Gasteiger partial charge in [-0.15, -0.1) is 0 Å². The van der Waals surface area contributed by atoms with Gasteiger partial charge < -0.3 is 9.80 Å². The molecule has 1 saturated heterocycles. The average molecular weight is 345 g/mol. The summed E-state index contributed by atoms with van der Waals surface area (Å²) in [4.78, 5) is 25.7. The van der Waals surface area contributed by atoms with E-state index in [1.165, 1.54) is 17.0 Å². The van der Waals surface area contributed by atoms with E-state index in [9.17, 15) is 28.1 Å². The maximum atomic E-state index is 12.9. The number of benzene rings is 1. The van der Waals surface area contributed by atoms with Gasteiger partial charge in [-0.2, -0.15) is 13.2 Å². The van der Waals surface area contributed by atoms with Crippen molar-refractivity contribution in [2.24, 2.45) is 5.92 Å². The molecule has 0 N–H and O–H groups in total. The molecule has 0 spiro atoms. The van der Waals surface area contributed by atoms with Crippen LogP contribution in [0.5, 0.6) is 0 Å². The summed E-state index contributed by atoms with van der Waals surface area (Å²) in [6.07, 6.45) is -4.10. The van der Waals surface area contributed by atoms with E-state index in [4.69, 9.17) is 0 Å². The predicted octanol–water partition coefficient (Wildman–Crippen LogP) is 3.08. The molecular formula is C15H18F3N3O3. The topological polar surface area (TPSA) is 66.7 Å². The van der Waals surface area contributed by atoms with Crippen LogP contribution >= 0.6 is 0 Å². The first-order chi connectivity index (χ1) is 11.1. The van der Waals surface area contributed by atoms with Gasteiger partial charge in [0.25, 0.3) is 11.6 Å². The minimum atomic E-state index is -4.35. The highest BCUT2D eigenvalue weighted by Crippen LogP contribution is 2.34. The first kappa shape index (κ1) is 18.0. The van der Waals surface area contributed by atoms with Crippen LogP contribution in [0.3, 0.4) is 0 Å². The van der Waals surface area contributed by atoms with E-state index < -0.39 is 29.5 Å².